The quantitative estimate of drug-likeness (QED) is 0.379. The molecule has 3 rings (SSSR count). The number of benzene rings is 2. The lowest BCUT2D eigenvalue weighted by Gasteiger charge is -2.36. The minimum absolute atomic E-state index is 0.0507. The highest BCUT2D eigenvalue weighted by molar-refractivity contribution is 5.99. The molecule has 9 heteroatoms. The third-order valence-corrected chi connectivity index (χ3v) is 6.92. The fourth-order valence-corrected chi connectivity index (χ4v) is 4.43. The van der Waals surface area contributed by atoms with Crippen molar-refractivity contribution < 1.29 is 29.0 Å². The van der Waals surface area contributed by atoms with Crippen LogP contribution in [0.25, 0.3) is 0 Å². The summed E-state index contributed by atoms with van der Waals surface area (Å²) in [5.41, 5.74) is 0.364. The van der Waals surface area contributed by atoms with E-state index in [1.807, 2.05) is 20.8 Å². The Kier molecular flexibility index (Phi) is 9.48. The van der Waals surface area contributed by atoms with Gasteiger partial charge in [0.1, 0.15) is 29.2 Å². The average molecular weight is 540 g/mol. The second-order valence-electron chi connectivity index (χ2n) is 11.2. The van der Waals surface area contributed by atoms with Crippen molar-refractivity contribution in [1.29, 1.82) is 0 Å². The molecule has 0 radical (unpaired) electrons. The zero-order chi connectivity index (χ0) is 28.9. The lowest BCUT2D eigenvalue weighted by atomic mass is 9.95. The van der Waals surface area contributed by atoms with Gasteiger partial charge in [0.2, 0.25) is 5.91 Å². The zero-order valence-corrected chi connectivity index (χ0v) is 23.9. The topological polar surface area (TPSA) is 117 Å². The molecule has 1 saturated carbocycles. The van der Waals surface area contributed by atoms with E-state index in [-0.39, 0.29) is 29.5 Å². The van der Waals surface area contributed by atoms with Crippen LogP contribution in [0.4, 0.5) is 10.5 Å². The van der Waals surface area contributed by atoms with Crippen molar-refractivity contribution in [3.63, 3.8) is 0 Å². The lowest BCUT2D eigenvalue weighted by molar-refractivity contribution is -0.142. The van der Waals surface area contributed by atoms with Gasteiger partial charge in [-0.3, -0.25) is 9.59 Å². The number of phenolic OH excluding ortho intramolecular Hbond substituents is 1. The Morgan fingerprint density at radius 2 is 1.67 bits per heavy atom. The van der Waals surface area contributed by atoms with Crippen molar-refractivity contribution in [2.45, 2.75) is 78.1 Å². The number of rotatable bonds is 10. The average Bonchev–Trinajstić information content (AvgIpc) is 3.60. The van der Waals surface area contributed by atoms with E-state index in [4.69, 9.17) is 9.47 Å². The fourth-order valence-electron chi connectivity index (χ4n) is 4.43. The van der Waals surface area contributed by atoms with Gasteiger partial charge in [-0.05, 0) is 81.0 Å². The first kappa shape index (κ1) is 29.8. The van der Waals surface area contributed by atoms with Gasteiger partial charge in [0.25, 0.3) is 5.91 Å². The summed E-state index contributed by atoms with van der Waals surface area (Å²) in [7, 11) is 1.56. The summed E-state index contributed by atoms with van der Waals surface area (Å²) in [6.45, 7) is 11.1. The first-order chi connectivity index (χ1) is 18.3. The molecule has 1 aliphatic rings. The van der Waals surface area contributed by atoms with Gasteiger partial charge in [-0.2, -0.15) is 0 Å². The molecule has 0 spiro atoms. The maximum absolute atomic E-state index is 14.3. The number of nitrogens with one attached hydrogen (secondary N) is 2. The van der Waals surface area contributed by atoms with Gasteiger partial charge in [-0.1, -0.05) is 39.3 Å². The summed E-state index contributed by atoms with van der Waals surface area (Å²) in [6.07, 6.45) is 0.673. The van der Waals surface area contributed by atoms with E-state index < -0.39 is 29.7 Å². The largest absolute Gasteiger partial charge is 0.508 e. The second kappa shape index (κ2) is 12.4. The standard InChI is InChI=1S/C30H41N3O6/c1-8-18(2)25(32-29(37)39-30(4,5)6)28(36)33(24-17-19(24)3)26(20-9-13-22(34)14-10-20)27(35)31-21-11-15-23(38-7)16-12-21/h9-16,18-19,24-26,34H,8,17H2,1-7H3,(H,31,35)(H,32,37). The number of carbonyl (C=O) groups excluding carboxylic acids is 3. The van der Waals surface area contributed by atoms with E-state index in [0.717, 1.165) is 6.42 Å². The van der Waals surface area contributed by atoms with Gasteiger partial charge in [0.05, 0.1) is 7.11 Å². The highest BCUT2D eigenvalue weighted by Crippen LogP contribution is 2.41. The number of hydrogen-bond donors (Lipinski definition) is 3. The van der Waals surface area contributed by atoms with Crippen molar-refractivity contribution in [2.24, 2.45) is 11.8 Å². The Balaban J connectivity index is 2.01. The molecule has 1 aliphatic carbocycles. The number of hydrogen-bond acceptors (Lipinski definition) is 6. The summed E-state index contributed by atoms with van der Waals surface area (Å²) < 4.78 is 10.7. The number of nitrogens with zero attached hydrogens (tertiary/aromatic N) is 1. The predicted octanol–water partition coefficient (Wildman–Crippen LogP) is 5.26. The number of alkyl carbamates (subject to hydrolysis) is 1. The van der Waals surface area contributed by atoms with Crippen LogP contribution in [0.5, 0.6) is 11.5 Å². The van der Waals surface area contributed by atoms with Gasteiger partial charge in [0, 0.05) is 11.7 Å². The molecule has 0 heterocycles. The molecule has 1 fully saturated rings. The SMILES string of the molecule is CCC(C)C(NC(=O)OC(C)(C)C)C(=O)N(C(C(=O)Nc1ccc(OC)cc1)c1ccc(O)cc1)C1CC1C. The Labute approximate surface area is 230 Å². The van der Waals surface area contributed by atoms with Crippen LogP contribution in [0.3, 0.4) is 0 Å². The van der Waals surface area contributed by atoms with Crippen molar-refractivity contribution in [3.8, 4) is 11.5 Å². The minimum Gasteiger partial charge on any atom is -0.508 e. The van der Waals surface area contributed by atoms with E-state index in [0.29, 0.717) is 23.4 Å². The van der Waals surface area contributed by atoms with Crippen LogP contribution in [0, 0.1) is 11.8 Å². The Morgan fingerprint density at radius 1 is 1.08 bits per heavy atom. The summed E-state index contributed by atoms with van der Waals surface area (Å²) >= 11 is 0. The van der Waals surface area contributed by atoms with Crippen LogP contribution < -0.4 is 15.4 Å². The molecule has 0 aromatic heterocycles. The molecule has 212 valence electrons. The number of phenols is 1. The summed E-state index contributed by atoms with van der Waals surface area (Å²) in [5, 5.41) is 15.6. The Morgan fingerprint density at radius 3 is 2.15 bits per heavy atom. The number of ether oxygens (including phenoxy) is 2. The molecule has 0 bridgehead atoms. The summed E-state index contributed by atoms with van der Waals surface area (Å²) in [6, 6.07) is 11.1. The Hall–Kier alpha value is -3.75. The summed E-state index contributed by atoms with van der Waals surface area (Å²) in [4.78, 5) is 42.6. The normalized spacial score (nSPS) is 18.7. The van der Waals surface area contributed by atoms with E-state index in [2.05, 4.69) is 10.6 Å². The van der Waals surface area contributed by atoms with Crippen LogP contribution >= 0.6 is 0 Å². The molecule has 9 nitrogen and oxygen atoms in total. The molecular weight excluding hydrogens is 498 g/mol. The van der Waals surface area contributed by atoms with Crippen LogP contribution in [-0.2, 0) is 14.3 Å². The van der Waals surface area contributed by atoms with Crippen LogP contribution in [0.2, 0.25) is 0 Å². The Bertz CT molecular complexity index is 1140. The number of aromatic hydroxyl groups is 1. The van der Waals surface area contributed by atoms with Gasteiger partial charge >= 0.3 is 6.09 Å². The first-order valence-corrected chi connectivity index (χ1v) is 13.4. The lowest BCUT2D eigenvalue weighted by Crippen LogP contribution is -2.55. The number of anilines is 1. The van der Waals surface area contributed by atoms with Crippen molar-refractivity contribution in [3.05, 3.63) is 54.1 Å². The van der Waals surface area contributed by atoms with Crippen molar-refractivity contribution in [2.75, 3.05) is 12.4 Å². The van der Waals surface area contributed by atoms with Gasteiger partial charge < -0.3 is 30.1 Å². The fraction of sp³-hybridized carbons (Fsp3) is 0.500. The molecule has 3 amide bonds. The molecule has 0 saturated heterocycles. The molecule has 2 aromatic rings. The molecular formula is C30H41N3O6. The summed E-state index contributed by atoms with van der Waals surface area (Å²) in [5.74, 6) is -0.0924. The monoisotopic (exact) mass is 539 g/mol. The van der Waals surface area contributed by atoms with Crippen molar-refractivity contribution in [1.82, 2.24) is 10.2 Å². The molecule has 3 N–H and O–H groups in total. The van der Waals surface area contributed by atoms with Crippen LogP contribution in [0.15, 0.2) is 48.5 Å². The van der Waals surface area contributed by atoms with Crippen molar-refractivity contribution >= 4 is 23.6 Å². The van der Waals surface area contributed by atoms with E-state index in [9.17, 15) is 19.5 Å². The van der Waals surface area contributed by atoms with E-state index in [1.54, 1.807) is 69.2 Å². The maximum atomic E-state index is 14.3. The smallest absolute Gasteiger partial charge is 0.408 e. The minimum atomic E-state index is -0.998. The number of amides is 3. The third-order valence-electron chi connectivity index (χ3n) is 6.92. The third kappa shape index (κ3) is 7.88. The molecule has 5 atom stereocenters. The molecule has 0 aliphatic heterocycles. The predicted molar refractivity (Wildman–Crippen MR) is 149 cm³/mol. The van der Waals surface area contributed by atoms with Crippen LogP contribution in [-0.4, -0.2) is 52.7 Å². The highest BCUT2D eigenvalue weighted by Gasteiger charge is 2.49. The molecule has 2 aromatic carbocycles. The molecule has 5 unspecified atom stereocenters. The van der Waals surface area contributed by atoms with Crippen LogP contribution in [0.1, 0.15) is 66.0 Å². The van der Waals surface area contributed by atoms with Gasteiger partial charge in [0.15, 0.2) is 0 Å². The number of methoxy groups -OCH3 is 1. The highest BCUT2D eigenvalue weighted by atomic mass is 16.6. The maximum Gasteiger partial charge on any atom is 0.408 e. The van der Waals surface area contributed by atoms with Gasteiger partial charge in [-0.25, -0.2) is 4.79 Å². The van der Waals surface area contributed by atoms with Gasteiger partial charge in [-0.15, -0.1) is 0 Å². The first-order valence-electron chi connectivity index (χ1n) is 13.4. The van der Waals surface area contributed by atoms with E-state index in [1.165, 1.54) is 12.1 Å². The number of carbonyl (C=O) groups is 3. The molecule has 39 heavy (non-hydrogen) atoms. The second-order valence-corrected chi connectivity index (χ2v) is 11.2. The zero-order valence-electron chi connectivity index (χ0n) is 23.9. The van der Waals surface area contributed by atoms with E-state index >= 15 is 0 Å².